The third-order valence-electron chi connectivity index (χ3n) is 6.68. The first-order valence-electron chi connectivity index (χ1n) is 8.49. The Morgan fingerprint density at radius 3 is 1.10 bits per heavy atom. The lowest BCUT2D eigenvalue weighted by molar-refractivity contribution is -0.447. The molecule has 0 radical (unpaired) electrons. The lowest BCUT2D eigenvalue weighted by Gasteiger charge is -2.51. The van der Waals surface area contributed by atoms with E-state index in [1.807, 2.05) is 0 Å². The van der Waals surface area contributed by atoms with E-state index < -0.39 is 0 Å². The summed E-state index contributed by atoms with van der Waals surface area (Å²) in [6.07, 6.45) is 9.81. The minimum Gasteiger partial charge on any atom is -0.229 e. The van der Waals surface area contributed by atoms with E-state index >= 15 is 0 Å². The summed E-state index contributed by atoms with van der Waals surface area (Å²) < 4.78 is 0. The van der Waals surface area contributed by atoms with Gasteiger partial charge in [-0.1, -0.05) is 53.4 Å². The molecular weight excluding hydrogens is 248 g/mol. The Hall–Kier alpha value is -0.0800. The first-order chi connectivity index (χ1) is 9.12. The molecule has 118 valence electrons. The maximum Gasteiger partial charge on any atom is 0.106 e. The van der Waals surface area contributed by atoms with E-state index in [0.29, 0.717) is 0 Å². The van der Waals surface area contributed by atoms with Gasteiger partial charge in [-0.2, -0.15) is 0 Å². The number of rotatable bonds is 3. The van der Waals surface area contributed by atoms with Crippen LogP contribution in [-0.4, -0.2) is 11.2 Å². The van der Waals surface area contributed by atoms with Crippen molar-refractivity contribution in [2.75, 3.05) is 0 Å². The van der Waals surface area contributed by atoms with Crippen LogP contribution in [0.5, 0.6) is 0 Å². The van der Waals surface area contributed by atoms with Gasteiger partial charge in [0.15, 0.2) is 0 Å². The largest absolute Gasteiger partial charge is 0.229 e. The minimum absolute atomic E-state index is 0.151. The molecule has 0 bridgehead atoms. The molecule has 2 atom stereocenters. The van der Waals surface area contributed by atoms with Crippen LogP contribution in [-0.2, 0) is 9.78 Å². The summed E-state index contributed by atoms with van der Waals surface area (Å²) in [5, 5.41) is 0. The third kappa shape index (κ3) is 2.78. The second-order valence-corrected chi connectivity index (χ2v) is 8.81. The zero-order chi connectivity index (χ0) is 15.1. The normalized spacial score (nSPS) is 40.5. The highest BCUT2D eigenvalue weighted by atomic mass is 17.2. The van der Waals surface area contributed by atoms with Gasteiger partial charge >= 0.3 is 0 Å². The second-order valence-electron chi connectivity index (χ2n) is 8.81. The standard InChI is InChI=1S/C18H34O2/c1-15(2)11-7-9-13-17(15,5)19-20-18(6)14-10-8-12-16(18,3)4/h7-14H2,1-6H3. The van der Waals surface area contributed by atoms with Crippen LogP contribution in [0.1, 0.15) is 92.9 Å². The van der Waals surface area contributed by atoms with Gasteiger partial charge in [0.05, 0.1) is 0 Å². The predicted octanol–water partition coefficient (Wildman–Crippen LogP) is 5.65. The molecule has 2 saturated carbocycles. The summed E-state index contributed by atoms with van der Waals surface area (Å²) in [4.78, 5) is 12.3. The van der Waals surface area contributed by atoms with Gasteiger partial charge < -0.3 is 0 Å². The molecule has 2 rings (SSSR count). The van der Waals surface area contributed by atoms with Crippen LogP contribution in [0.25, 0.3) is 0 Å². The molecule has 0 heterocycles. The van der Waals surface area contributed by atoms with Gasteiger partial charge in [0, 0.05) is 0 Å². The molecule has 2 fully saturated rings. The van der Waals surface area contributed by atoms with Crippen molar-refractivity contribution in [3.63, 3.8) is 0 Å². The van der Waals surface area contributed by atoms with Crippen LogP contribution in [0.4, 0.5) is 0 Å². The fraction of sp³-hybridized carbons (Fsp3) is 1.00. The van der Waals surface area contributed by atoms with Crippen LogP contribution in [0.15, 0.2) is 0 Å². The van der Waals surface area contributed by atoms with E-state index in [1.54, 1.807) is 0 Å². The van der Waals surface area contributed by atoms with Crippen molar-refractivity contribution < 1.29 is 9.78 Å². The molecule has 2 aliphatic rings. The van der Waals surface area contributed by atoms with Gasteiger partial charge in [0.25, 0.3) is 0 Å². The Balaban J connectivity index is 2.06. The summed E-state index contributed by atoms with van der Waals surface area (Å²) >= 11 is 0. The van der Waals surface area contributed by atoms with E-state index in [9.17, 15) is 0 Å². The molecule has 0 amide bonds. The van der Waals surface area contributed by atoms with Crippen molar-refractivity contribution in [1.29, 1.82) is 0 Å². The molecule has 0 aromatic heterocycles. The van der Waals surface area contributed by atoms with E-state index in [-0.39, 0.29) is 22.0 Å². The van der Waals surface area contributed by atoms with Crippen molar-refractivity contribution in [1.82, 2.24) is 0 Å². The van der Waals surface area contributed by atoms with Crippen molar-refractivity contribution in [2.45, 2.75) is 104 Å². The first-order valence-corrected chi connectivity index (χ1v) is 8.49. The average molecular weight is 282 g/mol. The monoisotopic (exact) mass is 282 g/mol. The summed E-state index contributed by atoms with van der Waals surface area (Å²) in [5.41, 5.74) is 0.0877. The molecule has 0 N–H and O–H groups in total. The van der Waals surface area contributed by atoms with Crippen molar-refractivity contribution in [2.24, 2.45) is 10.8 Å². The van der Waals surface area contributed by atoms with Crippen LogP contribution in [0.3, 0.4) is 0 Å². The Morgan fingerprint density at radius 2 is 0.800 bits per heavy atom. The first kappa shape index (κ1) is 16.3. The molecule has 20 heavy (non-hydrogen) atoms. The van der Waals surface area contributed by atoms with E-state index in [1.165, 1.54) is 38.5 Å². The minimum atomic E-state index is -0.151. The molecule has 2 aliphatic carbocycles. The molecule has 0 saturated heterocycles. The molecule has 0 aliphatic heterocycles. The molecule has 2 nitrogen and oxygen atoms in total. The Bertz CT molecular complexity index is 313. The van der Waals surface area contributed by atoms with E-state index in [4.69, 9.17) is 9.78 Å². The molecule has 0 aromatic carbocycles. The van der Waals surface area contributed by atoms with Gasteiger partial charge in [-0.15, -0.1) is 0 Å². The smallest absolute Gasteiger partial charge is 0.106 e. The maximum absolute atomic E-state index is 6.16. The summed E-state index contributed by atoms with van der Waals surface area (Å²) in [5.74, 6) is 0. The maximum atomic E-state index is 6.16. The molecule has 2 heteroatoms. The zero-order valence-corrected chi connectivity index (χ0v) is 14.5. The predicted molar refractivity (Wildman–Crippen MR) is 83.5 cm³/mol. The highest BCUT2D eigenvalue weighted by Gasteiger charge is 2.50. The fourth-order valence-corrected chi connectivity index (χ4v) is 3.76. The quantitative estimate of drug-likeness (QED) is 0.491. The third-order valence-corrected chi connectivity index (χ3v) is 6.68. The van der Waals surface area contributed by atoms with E-state index in [0.717, 1.165) is 12.8 Å². The summed E-state index contributed by atoms with van der Waals surface area (Å²) in [7, 11) is 0. The summed E-state index contributed by atoms with van der Waals surface area (Å²) in [6.45, 7) is 13.8. The van der Waals surface area contributed by atoms with Crippen molar-refractivity contribution in [3.8, 4) is 0 Å². The SMILES string of the molecule is CC1(C)CCCCC1(C)OOC1(C)CCCCC1(C)C. The van der Waals surface area contributed by atoms with Gasteiger partial charge in [-0.05, 0) is 50.4 Å². The Kier molecular flexibility index (Phi) is 4.30. The zero-order valence-electron chi connectivity index (χ0n) is 14.5. The Labute approximate surface area is 125 Å². The lowest BCUT2D eigenvalue weighted by atomic mass is 9.66. The molecule has 2 unspecified atom stereocenters. The van der Waals surface area contributed by atoms with Gasteiger partial charge in [0.1, 0.15) is 11.2 Å². The van der Waals surface area contributed by atoms with Crippen LogP contribution in [0.2, 0.25) is 0 Å². The van der Waals surface area contributed by atoms with Gasteiger partial charge in [-0.3, -0.25) is 0 Å². The number of hydrogen-bond acceptors (Lipinski definition) is 2. The molecule has 0 aromatic rings. The lowest BCUT2D eigenvalue weighted by Crippen LogP contribution is -2.52. The highest BCUT2D eigenvalue weighted by Crippen LogP contribution is 2.50. The fourth-order valence-electron chi connectivity index (χ4n) is 3.76. The van der Waals surface area contributed by atoms with Crippen molar-refractivity contribution >= 4 is 0 Å². The van der Waals surface area contributed by atoms with Crippen LogP contribution >= 0.6 is 0 Å². The van der Waals surface area contributed by atoms with Crippen LogP contribution in [0, 0.1) is 10.8 Å². The average Bonchev–Trinajstić information content (AvgIpc) is 2.35. The van der Waals surface area contributed by atoms with Crippen LogP contribution < -0.4 is 0 Å². The Morgan fingerprint density at radius 1 is 0.500 bits per heavy atom. The summed E-state index contributed by atoms with van der Waals surface area (Å²) in [6, 6.07) is 0. The van der Waals surface area contributed by atoms with E-state index in [2.05, 4.69) is 41.5 Å². The molecular formula is C18H34O2. The van der Waals surface area contributed by atoms with Crippen molar-refractivity contribution in [3.05, 3.63) is 0 Å². The number of hydrogen-bond donors (Lipinski definition) is 0. The van der Waals surface area contributed by atoms with Gasteiger partial charge in [-0.25, -0.2) is 9.78 Å². The molecule has 0 spiro atoms. The highest BCUT2D eigenvalue weighted by molar-refractivity contribution is 4.96. The van der Waals surface area contributed by atoms with Gasteiger partial charge in [0.2, 0.25) is 0 Å². The topological polar surface area (TPSA) is 18.5 Å². The second kappa shape index (κ2) is 5.28.